The van der Waals surface area contributed by atoms with Gasteiger partial charge in [0.15, 0.2) is 0 Å². The van der Waals surface area contributed by atoms with Gasteiger partial charge in [-0.25, -0.2) is 4.39 Å². The Labute approximate surface area is 156 Å². The number of piperidine rings is 1. The van der Waals surface area contributed by atoms with Crippen molar-refractivity contribution in [1.82, 2.24) is 10.2 Å². The van der Waals surface area contributed by atoms with Crippen LogP contribution in [-0.4, -0.2) is 35.3 Å². The van der Waals surface area contributed by atoms with Crippen molar-refractivity contribution >= 4 is 23.2 Å². The van der Waals surface area contributed by atoms with E-state index in [9.17, 15) is 9.18 Å². The van der Waals surface area contributed by atoms with Crippen LogP contribution in [0.3, 0.4) is 0 Å². The summed E-state index contributed by atoms with van der Waals surface area (Å²) < 4.78 is 13.5. The van der Waals surface area contributed by atoms with Gasteiger partial charge in [0, 0.05) is 43.1 Å². The monoisotopic (exact) mass is 371 g/mol. The minimum Gasteiger partial charge on any atom is -0.326 e. The van der Waals surface area contributed by atoms with Gasteiger partial charge in [-0.3, -0.25) is 14.7 Å². The second-order valence-corrected chi connectivity index (χ2v) is 7.30. The van der Waals surface area contributed by atoms with E-state index in [0.717, 1.165) is 37.5 Å². The Balaban J connectivity index is 1.46. The summed E-state index contributed by atoms with van der Waals surface area (Å²) in [6.45, 7) is 2.48. The second kappa shape index (κ2) is 6.82. The topological polar surface area (TPSA) is 44.7 Å². The van der Waals surface area contributed by atoms with Crippen LogP contribution in [0.1, 0.15) is 24.0 Å². The first-order chi connectivity index (χ1) is 12.5. The van der Waals surface area contributed by atoms with Crippen molar-refractivity contribution in [1.29, 1.82) is 0 Å². The SMILES string of the molecule is O=C1NC2(CCN(Cc3cccc(Cl)c3)CC2)N=C1c1cccc(F)c1. The third kappa shape index (κ3) is 3.50. The summed E-state index contributed by atoms with van der Waals surface area (Å²) in [6, 6.07) is 13.9. The molecular weight excluding hydrogens is 353 g/mol. The molecule has 0 aliphatic carbocycles. The molecule has 1 spiro atoms. The molecular formula is C20H19ClFN3O. The molecule has 4 nitrogen and oxygen atoms in total. The smallest absolute Gasteiger partial charge is 0.272 e. The number of carbonyl (C=O) groups is 1. The number of nitrogens with one attached hydrogen (secondary N) is 1. The molecule has 1 amide bonds. The number of amides is 1. The Morgan fingerprint density at radius 1 is 1.15 bits per heavy atom. The molecule has 2 heterocycles. The lowest BCUT2D eigenvalue weighted by Gasteiger charge is -2.37. The molecule has 0 bridgehead atoms. The van der Waals surface area contributed by atoms with Gasteiger partial charge in [0.2, 0.25) is 0 Å². The molecule has 6 heteroatoms. The van der Waals surface area contributed by atoms with E-state index >= 15 is 0 Å². The second-order valence-electron chi connectivity index (χ2n) is 6.86. The first-order valence-corrected chi connectivity index (χ1v) is 9.06. The fourth-order valence-corrected chi connectivity index (χ4v) is 3.82. The van der Waals surface area contributed by atoms with Crippen LogP contribution in [0.25, 0.3) is 0 Å². The molecule has 1 N–H and O–H groups in total. The zero-order valence-corrected chi connectivity index (χ0v) is 15.0. The van der Waals surface area contributed by atoms with Crippen molar-refractivity contribution in [3.05, 3.63) is 70.5 Å². The van der Waals surface area contributed by atoms with E-state index in [1.54, 1.807) is 12.1 Å². The zero-order chi connectivity index (χ0) is 18.1. The standard InChI is InChI=1S/C20H19ClFN3O/c21-16-5-1-3-14(11-16)13-25-9-7-20(8-10-25)23-18(19(26)24-20)15-4-2-6-17(22)12-15/h1-6,11-12H,7-10,13H2,(H,24,26). The number of halogens is 2. The molecule has 2 aliphatic heterocycles. The lowest BCUT2D eigenvalue weighted by atomic mass is 9.97. The number of hydrogen-bond acceptors (Lipinski definition) is 3. The Morgan fingerprint density at radius 2 is 1.92 bits per heavy atom. The molecule has 2 aliphatic rings. The van der Waals surface area contributed by atoms with Crippen molar-refractivity contribution < 1.29 is 9.18 Å². The number of likely N-dealkylation sites (tertiary alicyclic amines) is 1. The quantitative estimate of drug-likeness (QED) is 0.898. The minimum atomic E-state index is -0.566. The first kappa shape index (κ1) is 17.2. The van der Waals surface area contributed by atoms with E-state index in [-0.39, 0.29) is 11.7 Å². The van der Waals surface area contributed by atoms with Crippen LogP contribution in [-0.2, 0) is 11.3 Å². The summed E-state index contributed by atoms with van der Waals surface area (Å²) in [5.74, 6) is -0.589. The molecule has 134 valence electrons. The molecule has 26 heavy (non-hydrogen) atoms. The van der Waals surface area contributed by atoms with Crippen molar-refractivity contribution in [2.24, 2.45) is 4.99 Å². The normalized spacial score (nSPS) is 19.5. The van der Waals surface area contributed by atoms with Crippen LogP contribution >= 0.6 is 11.6 Å². The average molecular weight is 372 g/mol. The van der Waals surface area contributed by atoms with E-state index in [1.165, 1.54) is 17.7 Å². The van der Waals surface area contributed by atoms with E-state index in [2.05, 4.69) is 21.3 Å². The third-order valence-electron chi connectivity index (χ3n) is 4.96. The highest BCUT2D eigenvalue weighted by Crippen LogP contribution is 2.29. The highest BCUT2D eigenvalue weighted by Gasteiger charge is 2.42. The Bertz CT molecular complexity index is 875. The van der Waals surface area contributed by atoms with Crippen LogP contribution in [0.2, 0.25) is 5.02 Å². The predicted octanol–water partition coefficient (Wildman–Crippen LogP) is 3.39. The summed E-state index contributed by atoms with van der Waals surface area (Å²) in [5.41, 5.74) is 1.46. The maximum absolute atomic E-state index is 13.5. The molecule has 2 aromatic rings. The summed E-state index contributed by atoms with van der Waals surface area (Å²) >= 11 is 6.05. The summed E-state index contributed by atoms with van der Waals surface area (Å²) in [4.78, 5) is 19.4. The Morgan fingerprint density at radius 3 is 2.65 bits per heavy atom. The molecule has 0 unspecified atom stereocenters. The lowest BCUT2D eigenvalue weighted by Crippen LogP contribution is -2.50. The summed E-state index contributed by atoms with van der Waals surface area (Å²) in [6.07, 6.45) is 1.47. The molecule has 0 radical (unpaired) electrons. The number of rotatable bonds is 3. The van der Waals surface area contributed by atoms with Crippen LogP contribution in [0.4, 0.5) is 4.39 Å². The van der Waals surface area contributed by atoms with E-state index in [4.69, 9.17) is 11.6 Å². The van der Waals surface area contributed by atoms with Gasteiger partial charge in [0.1, 0.15) is 17.2 Å². The van der Waals surface area contributed by atoms with Crippen LogP contribution in [0.5, 0.6) is 0 Å². The third-order valence-corrected chi connectivity index (χ3v) is 5.20. The number of aliphatic imine (C=N–C) groups is 1. The molecule has 0 aromatic heterocycles. The van der Waals surface area contributed by atoms with E-state index in [1.807, 2.05) is 18.2 Å². The van der Waals surface area contributed by atoms with E-state index < -0.39 is 5.66 Å². The summed E-state index contributed by atoms with van der Waals surface area (Å²) in [7, 11) is 0. The number of hydrogen-bond donors (Lipinski definition) is 1. The van der Waals surface area contributed by atoms with Crippen molar-refractivity contribution in [3.63, 3.8) is 0 Å². The molecule has 2 aromatic carbocycles. The van der Waals surface area contributed by atoms with Crippen LogP contribution in [0.15, 0.2) is 53.5 Å². The summed E-state index contributed by atoms with van der Waals surface area (Å²) in [5, 5.41) is 3.76. The minimum absolute atomic E-state index is 0.223. The fraction of sp³-hybridized carbons (Fsp3) is 0.300. The highest BCUT2D eigenvalue weighted by atomic mass is 35.5. The van der Waals surface area contributed by atoms with Gasteiger partial charge < -0.3 is 5.32 Å². The van der Waals surface area contributed by atoms with Gasteiger partial charge >= 0.3 is 0 Å². The molecule has 0 atom stereocenters. The molecule has 1 fully saturated rings. The average Bonchev–Trinajstić information content (AvgIpc) is 2.94. The molecule has 4 rings (SSSR count). The van der Waals surface area contributed by atoms with Gasteiger partial charge in [0.25, 0.3) is 5.91 Å². The lowest BCUT2D eigenvalue weighted by molar-refractivity contribution is -0.115. The van der Waals surface area contributed by atoms with Crippen molar-refractivity contribution in [3.8, 4) is 0 Å². The number of benzene rings is 2. The zero-order valence-electron chi connectivity index (χ0n) is 14.2. The van der Waals surface area contributed by atoms with Crippen LogP contribution < -0.4 is 5.32 Å². The maximum Gasteiger partial charge on any atom is 0.272 e. The van der Waals surface area contributed by atoms with Gasteiger partial charge in [-0.1, -0.05) is 35.9 Å². The molecule has 0 saturated carbocycles. The number of carbonyl (C=O) groups excluding carboxylic acids is 1. The Hall–Kier alpha value is -2.24. The fourth-order valence-electron chi connectivity index (χ4n) is 3.61. The number of nitrogens with zero attached hydrogens (tertiary/aromatic N) is 2. The predicted molar refractivity (Wildman–Crippen MR) is 99.8 cm³/mol. The van der Waals surface area contributed by atoms with Crippen molar-refractivity contribution in [2.45, 2.75) is 25.0 Å². The molecule has 1 saturated heterocycles. The highest BCUT2D eigenvalue weighted by molar-refractivity contribution is 6.46. The van der Waals surface area contributed by atoms with Gasteiger partial charge in [-0.05, 0) is 29.8 Å². The first-order valence-electron chi connectivity index (χ1n) is 8.68. The van der Waals surface area contributed by atoms with Crippen LogP contribution in [0, 0.1) is 5.82 Å². The van der Waals surface area contributed by atoms with Gasteiger partial charge in [-0.15, -0.1) is 0 Å². The van der Waals surface area contributed by atoms with E-state index in [0.29, 0.717) is 11.3 Å². The maximum atomic E-state index is 13.5. The van der Waals surface area contributed by atoms with Crippen molar-refractivity contribution in [2.75, 3.05) is 13.1 Å². The van der Waals surface area contributed by atoms with Gasteiger partial charge in [-0.2, -0.15) is 0 Å². The largest absolute Gasteiger partial charge is 0.326 e. The van der Waals surface area contributed by atoms with Gasteiger partial charge in [0.05, 0.1) is 0 Å². The Kier molecular flexibility index (Phi) is 4.51.